The van der Waals surface area contributed by atoms with Crippen LogP contribution in [0.15, 0.2) is 5.38 Å². The first-order valence-electron chi connectivity index (χ1n) is 3.60. The Bertz CT molecular complexity index is 340. The number of aromatic nitrogens is 1. The summed E-state index contributed by atoms with van der Waals surface area (Å²) in [5, 5.41) is 13.6. The summed E-state index contributed by atoms with van der Waals surface area (Å²) in [4.78, 5) is 14.2. The highest BCUT2D eigenvalue weighted by Crippen LogP contribution is 2.14. The summed E-state index contributed by atoms with van der Waals surface area (Å²) in [6.07, 6.45) is 5.64. The zero-order valence-electron chi connectivity index (χ0n) is 6.78. The van der Waals surface area contributed by atoms with Crippen molar-refractivity contribution < 1.29 is 9.90 Å². The van der Waals surface area contributed by atoms with E-state index in [-0.39, 0.29) is 5.69 Å². The summed E-state index contributed by atoms with van der Waals surface area (Å²) >= 11 is 1.26. The van der Waals surface area contributed by atoms with Crippen molar-refractivity contribution in [2.45, 2.75) is 6.42 Å². The Balaban J connectivity index is 2.50. The maximum Gasteiger partial charge on any atom is 0.355 e. The lowest BCUT2D eigenvalue weighted by Crippen LogP contribution is -2.01. The van der Waals surface area contributed by atoms with Gasteiger partial charge in [-0.3, -0.25) is 0 Å². The number of nitrogens with zero attached hydrogens (tertiary/aromatic N) is 1. The van der Waals surface area contributed by atoms with Gasteiger partial charge in [0.15, 0.2) is 10.8 Å². The van der Waals surface area contributed by atoms with Gasteiger partial charge < -0.3 is 10.4 Å². The predicted molar refractivity (Wildman–Crippen MR) is 51.0 cm³/mol. The molecule has 0 amide bonds. The average molecular weight is 196 g/mol. The van der Waals surface area contributed by atoms with Gasteiger partial charge >= 0.3 is 5.97 Å². The van der Waals surface area contributed by atoms with E-state index in [1.807, 2.05) is 0 Å². The minimum absolute atomic E-state index is 0.0632. The van der Waals surface area contributed by atoms with E-state index < -0.39 is 5.97 Å². The highest BCUT2D eigenvalue weighted by atomic mass is 32.1. The molecule has 0 saturated carbocycles. The number of rotatable bonds is 4. The third-order valence-corrected chi connectivity index (χ3v) is 2.07. The second kappa shape index (κ2) is 4.48. The normalized spacial score (nSPS) is 9.15. The molecule has 68 valence electrons. The molecule has 0 aliphatic rings. The maximum atomic E-state index is 10.4. The van der Waals surface area contributed by atoms with Crippen molar-refractivity contribution in [2.75, 3.05) is 11.9 Å². The molecule has 13 heavy (non-hydrogen) atoms. The first-order valence-corrected chi connectivity index (χ1v) is 4.48. The van der Waals surface area contributed by atoms with Crippen molar-refractivity contribution in [3.63, 3.8) is 0 Å². The molecular weight excluding hydrogens is 188 g/mol. The van der Waals surface area contributed by atoms with Crippen molar-refractivity contribution in [3.8, 4) is 12.3 Å². The van der Waals surface area contributed by atoms with Crippen LogP contribution in [0.1, 0.15) is 16.9 Å². The van der Waals surface area contributed by atoms with Gasteiger partial charge in [0.25, 0.3) is 0 Å². The van der Waals surface area contributed by atoms with Gasteiger partial charge in [0.1, 0.15) is 0 Å². The van der Waals surface area contributed by atoms with Crippen LogP contribution >= 0.6 is 11.3 Å². The van der Waals surface area contributed by atoms with Crippen LogP contribution in [0.25, 0.3) is 0 Å². The van der Waals surface area contributed by atoms with Crippen LogP contribution in [0.2, 0.25) is 0 Å². The topological polar surface area (TPSA) is 62.2 Å². The molecule has 0 aliphatic heterocycles. The number of terminal acetylenes is 1. The fourth-order valence-electron chi connectivity index (χ4n) is 0.695. The van der Waals surface area contributed by atoms with E-state index in [4.69, 9.17) is 11.5 Å². The van der Waals surface area contributed by atoms with E-state index in [0.717, 1.165) is 0 Å². The third-order valence-electron chi connectivity index (χ3n) is 1.27. The summed E-state index contributed by atoms with van der Waals surface area (Å²) in [5.41, 5.74) is 0.0632. The van der Waals surface area contributed by atoms with Crippen LogP contribution < -0.4 is 5.32 Å². The molecule has 1 heterocycles. The van der Waals surface area contributed by atoms with Crippen molar-refractivity contribution >= 4 is 22.4 Å². The van der Waals surface area contributed by atoms with Gasteiger partial charge in [-0.05, 0) is 0 Å². The molecule has 0 aromatic carbocycles. The van der Waals surface area contributed by atoms with Gasteiger partial charge in [0.05, 0.1) is 0 Å². The zero-order chi connectivity index (χ0) is 9.68. The van der Waals surface area contributed by atoms with Gasteiger partial charge in [-0.25, -0.2) is 9.78 Å². The smallest absolute Gasteiger partial charge is 0.355 e. The van der Waals surface area contributed by atoms with E-state index in [0.29, 0.717) is 18.1 Å². The minimum atomic E-state index is -1.01. The van der Waals surface area contributed by atoms with Crippen LogP contribution in [0, 0.1) is 12.3 Å². The van der Waals surface area contributed by atoms with Crippen molar-refractivity contribution in [2.24, 2.45) is 0 Å². The molecule has 0 aliphatic carbocycles. The van der Waals surface area contributed by atoms with Gasteiger partial charge in [0.2, 0.25) is 0 Å². The summed E-state index contributed by atoms with van der Waals surface area (Å²) in [5.74, 6) is 1.45. The Kier molecular flexibility index (Phi) is 3.29. The lowest BCUT2D eigenvalue weighted by molar-refractivity contribution is 0.0691. The summed E-state index contributed by atoms with van der Waals surface area (Å²) < 4.78 is 0. The van der Waals surface area contributed by atoms with Gasteiger partial charge in [0, 0.05) is 18.3 Å². The number of nitrogens with one attached hydrogen (secondary N) is 1. The standard InChI is InChI=1S/C8H8N2O2S/c1-2-3-4-9-8-10-6(5-13-8)7(11)12/h1,5H,3-4H2,(H,9,10)(H,11,12). The molecule has 5 heteroatoms. The van der Waals surface area contributed by atoms with Gasteiger partial charge in [-0.2, -0.15) is 0 Å². The summed E-state index contributed by atoms with van der Waals surface area (Å²) in [6.45, 7) is 0.614. The first-order chi connectivity index (χ1) is 6.24. The third kappa shape index (κ3) is 2.76. The number of carboxylic acid groups (broad SMARTS) is 1. The molecule has 4 nitrogen and oxygen atoms in total. The van der Waals surface area contributed by atoms with Crippen LogP contribution in [0.5, 0.6) is 0 Å². The molecular formula is C8H8N2O2S. The van der Waals surface area contributed by atoms with Crippen LogP contribution in [0.3, 0.4) is 0 Å². The number of carboxylic acids is 1. The Morgan fingerprint density at radius 2 is 2.62 bits per heavy atom. The van der Waals surface area contributed by atoms with Crippen molar-refractivity contribution in [3.05, 3.63) is 11.1 Å². The van der Waals surface area contributed by atoms with E-state index in [9.17, 15) is 4.79 Å². The summed E-state index contributed by atoms with van der Waals surface area (Å²) in [7, 11) is 0. The predicted octanol–water partition coefficient (Wildman–Crippen LogP) is 1.28. The number of anilines is 1. The van der Waals surface area contributed by atoms with Crippen molar-refractivity contribution in [1.82, 2.24) is 4.98 Å². The molecule has 1 aromatic rings. The lowest BCUT2D eigenvalue weighted by Gasteiger charge is -1.95. The van der Waals surface area contributed by atoms with Crippen LogP contribution in [-0.4, -0.2) is 22.6 Å². The monoisotopic (exact) mass is 196 g/mol. The molecule has 0 atom stereocenters. The lowest BCUT2D eigenvalue weighted by atomic mass is 10.4. The number of carbonyl (C=O) groups is 1. The quantitative estimate of drug-likeness (QED) is 0.562. The molecule has 1 aromatic heterocycles. The molecule has 0 bridgehead atoms. The number of hydrogen-bond acceptors (Lipinski definition) is 4. The fraction of sp³-hybridized carbons (Fsp3) is 0.250. The second-order valence-corrected chi connectivity index (χ2v) is 3.08. The van der Waals surface area contributed by atoms with Crippen LogP contribution in [-0.2, 0) is 0 Å². The largest absolute Gasteiger partial charge is 0.476 e. The zero-order valence-corrected chi connectivity index (χ0v) is 7.60. The Hall–Kier alpha value is -1.54. The SMILES string of the molecule is C#CCCNc1nc(C(=O)O)cs1. The highest BCUT2D eigenvalue weighted by Gasteiger charge is 2.07. The minimum Gasteiger partial charge on any atom is -0.476 e. The molecule has 0 radical (unpaired) electrons. The molecule has 0 saturated heterocycles. The molecule has 2 N–H and O–H groups in total. The van der Waals surface area contributed by atoms with E-state index in [1.54, 1.807) is 0 Å². The first kappa shape index (κ1) is 9.55. The van der Waals surface area contributed by atoms with E-state index in [2.05, 4.69) is 16.2 Å². The molecule has 0 spiro atoms. The Morgan fingerprint density at radius 1 is 1.85 bits per heavy atom. The molecule has 1 rings (SSSR count). The van der Waals surface area contributed by atoms with Crippen molar-refractivity contribution in [1.29, 1.82) is 0 Å². The number of hydrogen-bond donors (Lipinski definition) is 2. The maximum absolute atomic E-state index is 10.4. The Morgan fingerprint density at radius 3 is 3.15 bits per heavy atom. The van der Waals surface area contributed by atoms with Gasteiger partial charge in [-0.15, -0.1) is 23.7 Å². The highest BCUT2D eigenvalue weighted by molar-refractivity contribution is 7.13. The van der Waals surface area contributed by atoms with Crippen LogP contribution in [0.4, 0.5) is 5.13 Å². The fourth-order valence-corrected chi connectivity index (χ4v) is 1.41. The number of aromatic carboxylic acids is 1. The molecule has 0 fully saturated rings. The Labute approximate surface area is 79.6 Å². The van der Waals surface area contributed by atoms with E-state index in [1.165, 1.54) is 16.7 Å². The second-order valence-electron chi connectivity index (χ2n) is 2.22. The van der Waals surface area contributed by atoms with Gasteiger partial charge in [-0.1, -0.05) is 0 Å². The average Bonchev–Trinajstić information content (AvgIpc) is 2.53. The summed E-state index contributed by atoms with van der Waals surface area (Å²) in [6, 6.07) is 0. The van der Waals surface area contributed by atoms with E-state index >= 15 is 0 Å². The molecule has 0 unspecified atom stereocenters. The number of thiazole rings is 1.